The summed E-state index contributed by atoms with van der Waals surface area (Å²) in [4.78, 5) is 11.1. The van der Waals surface area contributed by atoms with Gasteiger partial charge in [-0.05, 0) is 59.8 Å². The van der Waals surface area contributed by atoms with Crippen LogP contribution in [-0.4, -0.2) is 112 Å². The molecule has 0 amide bonds. The molecule has 0 unspecified atom stereocenters. The van der Waals surface area contributed by atoms with Gasteiger partial charge in [-0.2, -0.15) is 0 Å². The van der Waals surface area contributed by atoms with E-state index in [4.69, 9.17) is 66.2 Å². The van der Waals surface area contributed by atoms with Crippen LogP contribution in [0.4, 0.5) is 0 Å². The predicted molar refractivity (Wildman–Crippen MR) is 167 cm³/mol. The van der Waals surface area contributed by atoms with Crippen LogP contribution in [0.3, 0.4) is 0 Å². The molecule has 18 heteroatoms. The van der Waals surface area contributed by atoms with Crippen molar-refractivity contribution in [2.24, 2.45) is 0 Å². The monoisotopic (exact) mass is 489 g/mol. The Labute approximate surface area is 227 Å². The molecule has 0 aromatic heterocycles. The molecule has 3 aliphatic carbocycles. The van der Waals surface area contributed by atoms with E-state index in [0.29, 0.717) is 10.8 Å². The van der Waals surface area contributed by atoms with E-state index in [9.17, 15) is 4.79 Å². The van der Waals surface area contributed by atoms with E-state index in [-0.39, 0.29) is 12.8 Å². The van der Waals surface area contributed by atoms with Crippen LogP contribution in [0, 0.1) is 0 Å². The number of rotatable bonds is 8. The van der Waals surface area contributed by atoms with Gasteiger partial charge in [0.2, 0.25) is 0 Å². The van der Waals surface area contributed by atoms with Crippen molar-refractivity contribution in [3.8, 4) is 0 Å². The molecule has 1 saturated carbocycles. The Hall–Kier alpha value is 0.564. The molecule has 0 atom stereocenters. The van der Waals surface area contributed by atoms with Gasteiger partial charge in [-0.1, -0.05) is 29.8 Å². The van der Waals surface area contributed by atoms with Crippen LogP contribution in [0.5, 0.6) is 0 Å². The zero-order valence-electron chi connectivity index (χ0n) is 19.4. The minimum atomic E-state index is -0.717. The zero-order chi connectivity index (χ0) is 25.1. The molecule has 33 heavy (non-hydrogen) atoms. The Kier molecular flexibility index (Phi) is 11.0. The third kappa shape index (κ3) is 6.47. The van der Waals surface area contributed by atoms with E-state index < -0.39 is 25.5 Å². The number of halogens is 1. The van der Waals surface area contributed by atoms with Crippen LogP contribution >= 0.6 is 28.0 Å². The first-order valence-corrected chi connectivity index (χ1v) is 12.4. The summed E-state index contributed by atoms with van der Waals surface area (Å²) >= 11 is 8.43. The third-order valence-corrected chi connectivity index (χ3v) is 8.62. The number of aldehydes is 1. The van der Waals surface area contributed by atoms with Gasteiger partial charge in [0.15, 0.2) is 6.29 Å². The van der Waals surface area contributed by atoms with Crippen LogP contribution in [-0.2, 0) is 10.8 Å². The number of hydrogen-bond acceptors (Lipinski definition) is 2. The van der Waals surface area contributed by atoms with E-state index >= 15 is 0 Å². The van der Waals surface area contributed by atoms with Crippen LogP contribution in [0.2, 0.25) is 0 Å². The molecule has 0 aliphatic heterocycles. The van der Waals surface area contributed by atoms with Crippen molar-refractivity contribution >= 4 is 140 Å². The molecule has 1 nitrogen and oxygen atoms in total. The number of hydrogen-bond donors (Lipinski definition) is 0. The standard InChI is InChI=1S/C15H17BrO.B15S/c1-14-3-5-15(2,6-4-14)12-8-13(16)10(9-17)7-11(12)14;1-8-13(10(2)3)14(9-16)15(11(4)5)12(6)7/h7-9H,3-6H2,1-2H3;. The van der Waals surface area contributed by atoms with Crippen molar-refractivity contribution in [3.05, 3.63) is 33.3 Å². The SMILES string of the molecule is CC12CCC(C)(CC1)c1cc(C=O)c(Br)cc12.[B][B]B(B([B])[B])B(B=S)B(B([B])[B])B([B])[B]. The molecule has 1 aromatic rings. The quantitative estimate of drug-likeness (QED) is 0.357. The Bertz CT molecular complexity index is 839. The first kappa shape index (κ1) is 29.8. The minimum absolute atomic E-state index is 0.297. The van der Waals surface area contributed by atoms with Gasteiger partial charge in [0.1, 0.15) is 0 Å². The number of carbonyl (C=O) groups excluding carboxylic acids is 1. The molecule has 3 aliphatic rings. The molecular weight excluding hydrogens is 470 g/mol. The molecule has 0 saturated heterocycles. The maximum absolute atomic E-state index is 11.1. The summed E-state index contributed by atoms with van der Waals surface area (Å²) < 4.78 is 0.948. The number of benzene rings is 1. The molecule has 141 valence electrons. The van der Waals surface area contributed by atoms with Gasteiger partial charge in [0.25, 0.3) is 0 Å². The first-order valence-electron chi connectivity index (χ1n) is 11.2. The normalized spacial score (nSPS) is 21.9. The van der Waals surface area contributed by atoms with Crippen LogP contribution < -0.4 is 0 Å². The summed E-state index contributed by atoms with van der Waals surface area (Å²) in [6.45, 7) is 4.73. The second-order valence-corrected chi connectivity index (χ2v) is 11.1. The van der Waals surface area contributed by atoms with E-state index in [2.05, 4.69) is 41.9 Å². The van der Waals surface area contributed by atoms with E-state index in [1.807, 2.05) is 0 Å². The van der Waals surface area contributed by atoms with Crippen LogP contribution in [0.15, 0.2) is 16.6 Å². The fraction of sp³-hybridized carbons (Fsp3) is 0.533. The van der Waals surface area contributed by atoms with Gasteiger partial charge < -0.3 is 0 Å². The van der Waals surface area contributed by atoms with E-state index in [1.54, 1.807) is 0 Å². The van der Waals surface area contributed by atoms with E-state index in [1.165, 1.54) is 49.9 Å². The van der Waals surface area contributed by atoms with Gasteiger partial charge in [0.05, 0.1) is 0 Å². The average Bonchev–Trinajstić information content (AvgIpc) is 2.74. The molecule has 1 fully saturated rings. The summed E-state index contributed by atoms with van der Waals surface area (Å²) in [7, 11) is 40.5. The van der Waals surface area contributed by atoms with Crippen LogP contribution in [0.1, 0.15) is 61.0 Å². The number of carbonyl (C=O) groups is 1. The van der Waals surface area contributed by atoms with E-state index in [0.717, 1.165) is 16.3 Å². The fourth-order valence-corrected chi connectivity index (χ4v) is 6.09. The molecule has 2 bridgehead atoms. The van der Waals surface area contributed by atoms with Crippen molar-refractivity contribution in [1.82, 2.24) is 0 Å². The van der Waals surface area contributed by atoms with Crippen molar-refractivity contribution < 1.29 is 4.79 Å². The van der Waals surface area contributed by atoms with Gasteiger partial charge in [-0.3, -0.25) is 4.79 Å². The Balaban J connectivity index is 0.000000235. The predicted octanol–water partition coefficient (Wildman–Crippen LogP) is -0.699. The zero-order valence-corrected chi connectivity index (χ0v) is 21.8. The maximum atomic E-state index is 11.1. The Morgan fingerprint density at radius 3 is 1.70 bits per heavy atom. The van der Waals surface area contributed by atoms with Gasteiger partial charge in [-0.15, -0.1) is 0 Å². The fourth-order valence-electron chi connectivity index (χ4n) is 5.29. The topological polar surface area (TPSA) is 17.1 Å². The average molecular weight is 487 g/mol. The van der Waals surface area contributed by atoms with Crippen molar-refractivity contribution in [2.45, 2.75) is 50.4 Å². The second-order valence-electron chi connectivity index (χ2n) is 9.95. The molecule has 0 heterocycles. The number of fused-ring (bicyclic) bond motifs is 2. The van der Waals surface area contributed by atoms with Crippen molar-refractivity contribution in [2.75, 3.05) is 0 Å². The molecular formula is C15H17B15BrOS. The van der Waals surface area contributed by atoms with Gasteiger partial charge in [0, 0.05) is 10.0 Å². The van der Waals surface area contributed by atoms with Crippen molar-refractivity contribution in [3.63, 3.8) is 0 Å². The Morgan fingerprint density at radius 1 is 0.909 bits per heavy atom. The Morgan fingerprint density at radius 2 is 1.36 bits per heavy atom. The van der Waals surface area contributed by atoms with Crippen molar-refractivity contribution in [1.29, 1.82) is 0 Å². The molecule has 4 rings (SSSR count). The van der Waals surface area contributed by atoms with Gasteiger partial charge in [-0.25, -0.2) is 0 Å². The molecule has 0 N–H and O–H groups in total. The summed E-state index contributed by atoms with van der Waals surface area (Å²) in [5.41, 5.74) is 4.31. The first-order chi connectivity index (χ1) is 15.3. The summed E-state index contributed by atoms with van der Waals surface area (Å²) in [6, 6.07) is 5.77. The summed E-state index contributed by atoms with van der Waals surface area (Å²) in [5.74, 6) is 0. The molecule has 1 aromatic carbocycles. The summed E-state index contributed by atoms with van der Waals surface area (Å²) in [5, 5.41) is 0. The second kappa shape index (κ2) is 12.2. The van der Waals surface area contributed by atoms with Gasteiger partial charge >= 0.3 is 118 Å². The molecule has 0 spiro atoms. The third-order valence-electron chi connectivity index (χ3n) is 7.62. The summed E-state index contributed by atoms with van der Waals surface area (Å²) in [6.07, 6.45) is 2.80. The molecule has 15 radical (unpaired) electrons. The van der Waals surface area contributed by atoms with Crippen LogP contribution in [0.25, 0.3) is 0 Å².